The zero-order valence-corrected chi connectivity index (χ0v) is 10.1. The highest BCUT2D eigenvalue weighted by atomic mass is 32.2. The minimum atomic E-state index is -0.994. The van der Waals surface area contributed by atoms with E-state index < -0.39 is 10.7 Å². The summed E-state index contributed by atoms with van der Waals surface area (Å²) in [5.41, 5.74) is 1.25. The van der Waals surface area contributed by atoms with Crippen LogP contribution in [0, 0.1) is 18.3 Å². The molecule has 0 amide bonds. The molecule has 16 heavy (non-hydrogen) atoms. The molecule has 0 bridgehead atoms. The van der Waals surface area contributed by atoms with Gasteiger partial charge in [-0.3, -0.25) is 4.79 Å². The molecule has 0 radical (unpaired) electrons. The number of aliphatic carboxylic acids is 1. The van der Waals surface area contributed by atoms with Crippen LogP contribution in [-0.2, 0) is 4.79 Å². The number of rotatable bonds is 3. The maximum absolute atomic E-state index is 11.0. The quantitative estimate of drug-likeness (QED) is 0.814. The molecule has 0 unspecified atom stereocenters. The smallest absolute Gasteiger partial charge is 0.319 e. The molecule has 0 saturated carbocycles. The number of carboxylic acids is 1. The topological polar surface area (TPSA) is 74.0 Å². The van der Waals surface area contributed by atoms with Gasteiger partial charge in [0.25, 0.3) is 0 Å². The Morgan fingerprint density at radius 3 is 2.75 bits per heavy atom. The van der Waals surface area contributed by atoms with E-state index in [-0.39, 0.29) is 0 Å². The Morgan fingerprint density at radius 1 is 1.62 bits per heavy atom. The zero-order chi connectivity index (χ0) is 12.3. The van der Waals surface area contributed by atoms with Crippen molar-refractivity contribution in [3.05, 3.63) is 23.4 Å². The lowest BCUT2D eigenvalue weighted by Crippen LogP contribution is -2.27. The maximum Gasteiger partial charge on any atom is 0.319 e. The number of aromatic nitrogens is 1. The first-order valence-corrected chi connectivity index (χ1v) is 5.48. The Balaban J connectivity index is 3.13. The van der Waals surface area contributed by atoms with E-state index >= 15 is 0 Å². The van der Waals surface area contributed by atoms with E-state index in [9.17, 15) is 4.79 Å². The van der Waals surface area contributed by atoms with Crippen LogP contribution in [0.15, 0.2) is 17.3 Å². The van der Waals surface area contributed by atoms with Crippen LogP contribution in [0.1, 0.15) is 25.0 Å². The fourth-order valence-corrected chi connectivity index (χ4v) is 2.02. The lowest BCUT2D eigenvalue weighted by Gasteiger charge is -2.18. The summed E-state index contributed by atoms with van der Waals surface area (Å²) in [7, 11) is 0. The van der Waals surface area contributed by atoms with E-state index in [2.05, 4.69) is 4.98 Å². The molecule has 0 aromatic carbocycles. The van der Waals surface area contributed by atoms with Crippen LogP contribution in [0.2, 0.25) is 0 Å². The first-order chi connectivity index (χ1) is 7.38. The van der Waals surface area contributed by atoms with Crippen molar-refractivity contribution in [2.75, 3.05) is 0 Å². The van der Waals surface area contributed by atoms with Crippen LogP contribution in [0.3, 0.4) is 0 Å². The molecule has 0 spiro atoms. The number of hydrogen-bond donors (Lipinski definition) is 1. The highest BCUT2D eigenvalue weighted by Gasteiger charge is 2.30. The highest BCUT2D eigenvalue weighted by Crippen LogP contribution is 2.33. The van der Waals surface area contributed by atoms with Crippen LogP contribution in [0.25, 0.3) is 0 Å². The molecule has 0 aliphatic rings. The second-order valence-electron chi connectivity index (χ2n) is 3.84. The number of carbonyl (C=O) groups is 1. The summed E-state index contributed by atoms with van der Waals surface area (Å²) in [6.45, 7) is 4.98. The summed E-state index contributed by atoms with van der Waals surface area (Å²) < 4.78 is -0.994. The van der Waals surface area contributed by atoms with Gasteiger partial charge in [-0.05, 0) is 32.4 Å². The molecule has 1 rings (SSSR count). The van der Waals surface area contributed by atoms with Gasteiger partial charge in [0.2, 0.25) is 0 Å². The summed E-state index contributed by atoms with van der Waals surface area (Å²) in [6, 6.07) is 3.78. The van der Waals surface area contributed by atoms with E-state index in [4.69, 9.17) is 10.4 Å². The van der Waals surface area contributed by atoms with Crippen LogP contribution in [0.5, 0.6) is 0 Å². The Labute approximate surface area is 98.3 Å². The van der Waals surface area contributed by atoms with Gasteiger partial charge in [0.1, 0.15) is 15.8 Å². The molecule has 1 heterocycles. The SMILES string of the molecule is Cc1ccnc(SC(C)(C)C(=O)O)c1C#N. The molecular formula is C11H12N2O2S. The third-order valence-corrected chi connectivity index (χ3v) is 3.29. The molecule has 0 aliphatic carbocycles. The summed E-state index contributed by atoms with van der Waals surface area (Å²) in [5.74, 6) is -0.926. The van der Waals surface area contributed by atoms with Crippen LogP contribution in [-0.4, -0.2) is 20.8 Å². The molecule has 0 aliphatic heterocycles. The van der Waals surface area contributed by atoms with Gasteiger partial charge in [-0.25, -0.2) is 4.98 Å². The van der Waals surface area contributed by atoms with E-state index in [1.54, 1.807) is 33.0 Å². The fourth-order valence-electron chi connectivity index (χ4n) is 1.03. The predicted octanol–water partition coefficient (Wildman–Crippen LogP) is 2.22. The molecule has 0 atom stereocenters. The van der Waals surface area contributed by atoms with Crippen LogP contribution >= 0.6 is 11.8 Å². The number of nitriles is 1. The molecule has 1 N–H and O–H groups in total. The molecule has 0 fully saturated rings. The second kappa shape index (κ2) is 4.54. The number of aryl methyl sites for hydroxylation is 1. The van der Waals surface area contributed by atoms with E-state index in [0.717, 1.165) is 17.3 Å². The third kappa shape index (κ3) is 2.52. The van der Waals surface area contributed by atoms with Crippen molar-refractivity contribution >= 4 is 17.7 Å². The van der Waals surface area contributed by atoms with E-state index in [1.165, 1.54) is 0 Å². The van der Waals surface area contributed by atoms with Crippen LogP contribution in [0.4, 0.5) is 0 Å². The normalized spacial score (nSPS) is 10.9. The largest absolute Gasteiger partial charge is 0.480 e. The Hall–Kier alpha value is -1.54. The first-order valence-electron chi connectivity index (χ1n) is 4.66. The number of pyridine rings is 1. The second-order valence-corrected chi connectivity index (χ2v) is 5.45. The van der Waals surface area contributed by atoms with Gasteiger partial charge in [0.05, 0.1) is 5.56 Å². The van der Waals surface area contributed by atoms with Crippen molar-refractivity contribution in [1.82, 2.24) is 4.98 Å². The number of hydrogen-bond acceptors (Lipinski definition) is 4. The third-order valence-electron chi connectivity index (χ3n) is 2.10. The van der Waals surface area contributed by atoms with Crippen LogP contribution < -0.4 is 0 Å². The number of nitrogens with zero attached hydrogens (tertiary/aromatic N) is 2. The lowest BCUT2D eigenvalue weighted by molar-refractivity contribution is -0.138. The summed E-state index contributed by atoms with van der Waals surface area (Å²) in [4.78, 5) is 15.0. The molecular weight excluding hydrogens is 224 g/mol. The number of carboxylic acid groups (broad SMARTS) is 1. The molecule has 1 aromatic rings. The molecule has 5 heteroatoms. The van der Waals surface area contributed by atoms with Crippen molar-refractivity contribution in [3.63, 3.8) is 0 Å². The molecule has 4 nitrogen and oxygen atoms in total. The molecule has 1 aromatic heterocycles. The fraction of sp³-hybridized carbons (Fsp3) is 0.364. The minimum absolute atomic E-state index is 0.446. The van der Waals surface area contributed by atoms with Crippen molar-refractivity contribution in [1.29, 1.82) is 5.26 Å². The summed E-state index contributed by atoms with van der Waals surface area (Å²) in [5, 5.41) is 18.5. The van der Waals surface area contributed by atoms with Crippen molar-refractivity contribution in [2.45, 2.75) is 30.5 Å². The first kappa shape index (κ1) is 12.5. The Morgan fingerprint density at radius 2 is 2.25 bits per heavy atom. The Kier molecular flexibility index (Phi) is 3.55. The van der Waals surface area contributed by atoms with Gasteiger partial charge in [0, 0.05) is 6.20 Å². The zero-order valence-electron chi connectivity index (χ0n) is 9.31. The molecule has 0 saturated heterocycles. The average molecular weight is 236 g/mol. The number of thioether (sulfide) groups is 1. The van der Waals surface area contributed by atoms with Crippen molar-refractivity contribution in [2.24, 2.45) is 0 Å². The highest BCUT2D eigenvalue weighted by molar-refractivity contribution is 8.01. The van der Waals surface area contributed by atoms with E-state index in [1.807, 2.05) is 6.07 Å². The van der Waals surface area contributed by atoms with Crippen molar-refractivity contribution < 1.29 is 9.90 Å². The summed E-state index contributed by atoms with van der Waals surface area (Å²) >= 11 is 1.09. The maximum atomic E-state index is 11.0. The summed E-state index contributed by atoms with van der Waals surface area (Å²) in [6.07, 6.45) is 1.58. The van der Waals surface area contributed by atoms with Gasteiger partial charge in [-0.15, -0.1) is 0 Å². The molecule has 84 valence electrons. The van der Waals surface area contributed by atoms with Gasteiger partial charge in [0.15, 0.2) is 0 Å². The van der Waals surface area contributed by atoms with Gasteiger partial charge < -0.3 is 5.11 Å². The monoisotopic (exact) mass is 236 g/mol. The standard InChI is InChI=1S/C11H12N2O2S/c1-7-4-5-13-9(8(7)6-12)16-11(2,3)10(14)15/h4-5H,1-3H3,(H,14,15). The van der Waals surface area contributed by atoms with Gasteiger partial charge in [-0.2, -0.15) is 5.26 Å². The average Bonchev–Trinajstić information content (AvgIpc) is 2.17. The Bertz CT molecular complexity index is 464. The van der Waals surface area contributed by atoms with Gasteiger partial charge >= 0.3 is 5.97 Å². The predicted molar refractivity (Wildman–Crippen MR) is 61.3 cm³/mol. The van der Waals surface area contributed by atoms with Crippen molar-refractivity contribution in [3.8, 4) is 6.07 Å². The minimum Gasteiger partial charge on any atom is -0.480 e. The lowest BCUT2D eigenvalue weighted by atomic mass is 10.2. The van der Waals surface area contributed by atoms with Gasteiger partial charge in [-0.1, -0.05) is 11.8 Å². The van der Waals surface area contributed by atoms with E-state index in [0.29, 0.717) is 10.6 Å².